The fraction of sp³-hybridized carbons (Fsp3) is 0.172. The van der Waals surface area contributed by atoms with Crippen molar-refractivity contribution in [2.24, 2.45) is 0 Å². The molecule has 12 rings (SSSR count). The number of pyridine rings is 1. The summed E-state index contributed by atoms with van der Waals surface area (Å²) < 4.78 is 104. The first-order chi connectivity index (χ1) is 34.1. The van der Waals surface area contributed by atoms with Gasteiger partial charge in [-0.3, -0.25) is 0 Å². The number of ether oxygens (including phenoxy) is 1. The van der Waals surface area contributed by atoms with Gasteiger partial charge in [0.15, 0.2) is 17.2 Å². The van der Waals surface area contributed by atoms with Crippen LogP contribution in [0, 0.1) is 6.85 Å². The molecule has 2 aromatic heterocycles. The van der Waals surface area contributed by atoms with Gasteiger partial charge in [0.1, 0.15) is 23.9 Å². The number of nitrogens with zero attached hydrogens (tertiary/aromatic N) is 3. The zero-order chi connectivity index (χ0) is 50.9. The Hall–Kier alpha value is -7.04. The van der Waals surface area contributed by atoms with Gasteiger partial charge in [-0.2, -0.15) is 4.57 Å². The lowest BCUT2D eigenvalue weighted by Crippen LogP contribution is -2.78. The maximum atomic E-state index is 10.3. The van der Waals surface area contributed by atoms with E-state index in [1.54, 1.807) is 4.57 Å². The zero-order valence-corrected chi connectivity index (χ0v) is 35.4. The van der Waals surface area contributed by atoms with Gasteiger partial charge in [-0.25, -0.2) is 0 Å². The van der Waals surface area contributed by atoms with Gasteiger partial charge < -0.3 is 4.74 Å². The van der Waals surface area contributed by atoms with Gasteiger partial charge in [-0.05, 0) is 105 Å². The number of benzene rings is 7. The normalized spacial score (nSPS) is 18.0. The highest BCUT2D eigenvalue weighted by atomic mass is 16.5. The highest BCUT2D eigenvalue weighted by Crippen LogP contribution is 2.55. The quantitative estimate of drug-likeness (QED) is 0.162. The molecule has 3 aliphatic rings. The van der Waals surface area contributed by atoms with Crippen LogP contribution >= 0.6 is 0 Å². The number of imidazole rings is 1. The smallest absolute Gasteiger partial charge is 0.392 e. The van der Waals surface area contributed by atoms with Crippen LogP contribution in [0.1, 0.15) is 77.5 Å². The molecule has 0 saturated carbocycles. The number of hydrogen-bond donors (Lipinski definition) is 0. The lowest BCUT2D eigenvalue weighted by Gasteiger charge is -2.33. The number of para-hydroxylation sites is 2. The third kappa shape index (κ3) is 5.07. The Morgan fingerprint density at radius 1 is 0.597 bits per heavy atom. The monoisotopic (exact) mass is 813 g/mol. The van der Waals surface area contributed by atoms with Crippen molar-refractivity contribution in [1.29, 1.82) is 0 Å². The van der Waals surface area contributed by atoms with Crippen LogP contribution in [0.4, 0.5) is 0 Å². The molecule has 4 heteroatoms. The van der Waals surface area contributed by atoms with Crippen molar-refractivity contribution in [1.82, 2.24) is 4.57 Å². The standard InChI is InChI=1S/C58H49N3O/c1-36-25-27-37(28-26-36)40-29-30-59-50(31-40)47-33-41(56(2,3)4)32-46-42-22-16-23-49-54(42)61-55(43-21-14-15-24-52(43)62-58(59,61)53(46)47)60(49)51-35-44(38-17-10-8-11-18-38)48(57(5,6)7)34-45(51)39-19-12-9-13-20-39/h8-35H,1-7H3/q+2/i1D3,25D,26D,27D,28D,29D,30D,31D. The summed E-state index contributed by atoms with van der Waals surface area (Å²) in [7, 11) is 0. The summed E-state index contributed by atoms with van der Waals surface area (Å²) in [6, 6.07) is 39.8. The van der Waals surface area contributed by atoms with Gasteiger partial charge in [0.2, 0.25) is 5.69 Å². The number of fused-ring (bicyclic) bond motifs is 5. The van der Waals surface area contributed by atoms with Gasteiger partial charge in [0, 0.05) is 32.9 Å². The van der Waals surface area contributed by atoms with Gasteiger partial charge >= 0.3 is 11.7 Å². The van der Waals surface area contributed by atoms with Crippen LogP contribution in [-0.2, 0) is 16.7 Å². The third-order valence-electron chi connectivity index (χ3n) is 12.8. The molecule has 7 aromatic carbocycles. The van der Waals surface area contributed by atoms with E-state index >= 15 is 0 Å². The molecule has 300 valence electrons. The molecule has 1 unspecified atom stereocenters. The summed E-state index contributed by atoms with van der Waals surface area (Å²) >= 11 is 0. The largest absolute Gasteiger partial charge is 0.499 e. The van der Waals surface area contributed by atoms with Crippen molar-refractivity contribution in [3.63, 3.8) is 0 Å². The summed E-state index contributed by atoms with van der Waals surface area (Å²) in [5.74, 6) is -0.531. The van der Waals surface area contributed by atoms with Crippen LogP contribution in [0.15, 0.2) is 170 Å². The number of rotatable bonds is 4. The minimum Gasteiger partial charge on any atom is -0.392 e. The molecular formula is C58H49N3O+2. The van der Waals surface area contributed by atoms with E-state index in [1.807, 2.05) is 54.6 Å². The average Bonchev–Trinajstić information content (AvgIpc) is 3.85. The number of hydrogen-bond acceptors (Lipinski definition) is 1. The molecule has 0 aliphatic carbocycles. The Morgan fingerprint density at radius 2 is 1.27 bits per heavy atom. The molecule has 0 N–H and O–H groups in total. The molecule has 4 nitrogen and oxygen atoms in total. The second-order valence-corrected chi connectivity index (χ2v) is 18.6. The maximum Gasteiger partial charge on any atom is 0.499 e. The highest BCUT2D eigenvalue weighted by Gasteiger charge is 2.68. The van der Waals surface area contributed by atoms with Crippen LogP contribution in [0.5, 0.6) is 5.75 Å². The minimum atomic E-state index is -2.97. The molecule has 0 saturated heterocycles. The Kier molecular flexibility index (Phi) is 5.70. The molecule has 62 heavy (non-hydrogen) atoms. The molecule has 3 aliphatic heterocycles. The Labute approximate surface area is 378 Å². The fourth-order valence-corrected chi connectivity index (χ4v) is 9.90. The molecule has 0 fully saturated rings. The van der Waals surface area contributed by atoms with E-state index in [0.717, 1.165) is 67.1 Å². The summed E-state index contributed by atoms with van der Waals surface area (Å²) in [5, 5.41) is 0. The van der Waals surface area contributed by atoms with Gasteiger partial charge in [0.05, 0.1) is 13.8 Å². The molecule has 5 heterocycles. The fourth-order valence-electron chi connectivity index (χ4n) is 9.90. The first kappa shape index (κ1) is 27.7. The van der Waals surface area contributed by atoms with Crippen LogP contribution in [-0.4, -0.2) is 4.57 Å². The van der Waals surface area contributed by atoms with Gasteiger partial charge in [-0.1, -0.05) is 150 Å². The lowest BCUT2D eigenvalue weighted by atomic mass is 9.79. The molecule has 9 aromatic rings. The van der Waals surface area contributed by atoms with E-state index in [1.165, 1.54) is 5.56 Å². The van der Waals surface area contributed by atoms with Crippen molar-refractivity contribution in [2.45, 2.75) is 65.1 Å². The zero-order valence-electron chi connectivity index (χ0n) is 45.4. The molecule has 1 atom stereocenters. The van der Waals surface area contributed by atoms with E-state index in [-0.39, 0.29) is 22.7 Å². The Balaban J connectivity index is 1.28. The van der Waals surface area contributed by atoms with E-state index in [2.05, 4.69) is 123 Å². The van der Waals surface area contributed by atoms with E-state index in [9.17, 15) is 4.11 Å². The van der Waals surface area contributed by atoms with Crippen molar-refractivity contribution in [3.8, 4) is 78.6 Å². The van der Waals surface area contributed by atoms with Crippen molar-refractivity contribution in [2.75, 3.05) is 0 Å². The van der Waals surface area contributed by atoms with E-state index in [0.29, 0.717) is 16.9 Å². The highest BCUT2D eigenvalue weighted by molar-refractivity contribution is 5.99. The summed E-state index contributed by atoms with van der Waals surface area (Å²) in [4.78, 5) is 0. The second kappa shape index (κ2) is 12.7. The first-order valence-corrected chi connectivity index (χ1v) is 21.1. The topological polar surface area (TPSA) is 21.9 Å². The van der Waals surface area contributed by atoms with E-state index in [4.69, 9.17) is 14.3 Å². The van der Waals surface area contributed by atoms with Crippen LogP contribution < -0.4 is 13.9 Å². The van der Waals surface area contributed by atoms with E-state index < -0.39 is 65.6 Å². The van der Waals surface area contributed by atoms with Gasteiger partial charge in [0.25, 0.3) is 0 Å². The molecule has 1 spiro atoms. The van der Waals surface area contributed by atoms with Crippen LogP contribution in [0.2, 0.25) is 0 Å². The first-order valence-electron chi connectivity index (χ1n) is 26.1. The van der Waals surface area contributed by atoms with Crippen molar-refractivity contribution >= 4 is 11.0 Å². The molecular weight excluding hydrogens is 755 g/mol. The average molecular weight is 814 g/mol. The lowest BCUT2D eigenvalue weighted by molar-refractivity contribution is -0.997. The second-order valence-electron chi connectivity index (χ2n) is 18.6. The third-order valence-corrected chi connectivity index (χ3v) is 12.8. The predicted octanol–water partition coefficient (Wildman–Crippen LogP) is 13.3. The Bertz CT molecular complexity index is 3840. The maximum absolute atomic E-state index is 10.3. The molecule has 0 amide bonds. The van der Waals surface area contributed by atoms with Crippen molar-refractivity contribution in [3.05, 3.63) is 192 Å². The van der Waals surface area contributed by atoms with Crippen LogP contribution in [0.3, 0.4) is 0 Å². The van der Waals surface area contributed by atoms with Crippen molar-refractivity contribution < 1.29 is 27.6 Å². The molecule has 0 bridgehead atoms. The predicted molar refractivity (Wildman–Crippen MR) is 252 cm³/mol. The summed E-state index contributed by atoms with van der Waals surface area (Å²) in [5.41, 5.74) is 10.4. The summed E-state index contributed by atoms with van der Waals surface area (Å²) in [6.07, 6.45) is -0.406. The molecule has 0 radical (unpaired) electrons. The Morgan fingerprint density at radius 3 is 1.98 bits per heavy atom. The minimum absolute atomic E-state index is 0.183. The SMILES string of the molecule is [2H]c1c([2H])c(C([2H])([2H])[2H])c([2H])c([2H])c1-c1c([2H])c([2H])[n+]2c(c1[2H])-c1cc(C(C)(C)C)cc3c1C21Oc2ccccc2-c2n(-c4cc(-c5ccccc5)c(C(C)(C)C)cc4-c4ccccc4)c4cccc-3c4[n+]21. The van der Waals surface area contributed by atoms with Gasteiger partial charge in [-0.15, -0.1) is 9.13 Å². The summed E-state index contributed by atoms with van der Waals surface area (Å²) in [6.45, 7) is 10.0. The van der Waals surface area contributed by atoms with Crippen LogP contribution in [0.25, 0.3) is 83.9 Å². The number of aromatic nitrogens is 3.